The van der Waals surface area contributed by atoms with Crippen LogP contribution in [-0.2, 0) is 14.6 Å². The van der Waals surface area contributed by atoms with Crippen LogP contribution in [0.5, 0.6) is 0 Å². The first kappa shape index (κ1) is 12.8. The number of nitrogens with two attached hydrogens (primary N) is 1. The average molecular weight is 261 g/mol. The Kier molecular flexibility index (Phi) is 3.20. The van der Waals surface area contributed by atoms with Gasteiger partial charge in [-0.25, -0.2) is 8.42 Å². The normalized spacial score (nSPS) is 41.2. The second-order valence-electron chi connectivity index (χ2n) is 5.40. The molecule has 1 saturated carbocycles. The minimum Gasteiger partial charge on any atom is -0.481 e. The Hall–Kier alpha value is -0.620. The monoisotopic (exact) mass is 261 g/mol. The number of aliphatic carboxylic acids is 1. The molecule has 6 heteroatoms. The maximum atomic E-state index is 11.5. The Morgan fingerprint density at radius 1 is 1.24 bits per heavy atom. The SMILES string of the molecule is NC1CCC(C(=O)O)(C2CCS(=O)(=O)C2)CC1. The number of carbonyl (C=O) groups is 1. The molecule has 2 aliphatic rings. The lowest BCUT2D eigenvalue weighted by Gasteiger charge is -2.39. The molecule has 1 aliphatic carbocycles. The van der Waals surface area contributed by atoms with Crippen LogP contribution in [0.1, 0.15) is 32.1 Å². The van der Waals surface area contributed by atoms with Crippen LogP contribution in [0.25, 0.3) is 0 Å². The molecule has 17 heavy (non-hydrogen) atoms. The van der Waals surface area contributed by atoms with Crippen molar-refractivity contribution in [3.8, 4) is 0 Å². The van der Waals surface area contributed by atoms with Crippen LogP contribution in [0.4, 0.5) is 0 Å². The molecule has 1 heterocycles. The van der Waals surface area contributed by atoms with Gasteiger partial charge in [0.2, 0.25) is 0 Å². The van der Waals surface area contributed by atoms with E-state index in [1.165, 1.54) is 0 Å². The standard InChI is InChI=1S/C11H19NO4S/c12-9-1-4-11(5-2-9,10(13)14)8-3-6-17(15,16)7-8/h8-9H,1-7,12H2,(H,13,14). The van der Waals surface area contributed by atoms with Gasteiger partial charge in [-0.15, -0.1) is 0 Å². The summed E-state index contributed by atoms with van der Waals surface area (Å²) in [5.41, 5.74) is 4.95. The van der Waals surface area contributed by atoms with E-state index in [2.05, 4.69) is 0 Å². The van der Waals surface area contributed by atoms with Gasteiger partial charge in [-0.3, -0.25) is 4.79 Å². The Morgan fingerprint density at radius 3 is 2.24 bits per heavy atom. The number of carboxylic acids is 1. The molecule has 3 N–H and O–H groups in total. The van der Waals surface area contributed by atoms with E-state index in [0.717, 1.165) is 0 Å². The van der Waals surface area contributed by atoms with E-state index >= 15 is 0 Å². The van der Waals surface area contributed by atoms with Gasteiger partial charge in [-0.2, -0.15) is 0 Å². The van der Waals surface area contributed by atoms with Crippen molar-refractivity contribution in [2.75, 3.05) is 11.5 Å². The molecular formula is C11H19NO4S. The van der Waals surface area contributed by atoms with E-state index < -0.39 is 21.2 Å². The molecule has 98 valence electrons. The second-order valence-corrected chi connectivity index (χ2v) is 7.63. The summed E-state index contributed by atoms with van der Waals surface area (Å²) in [5.74, 6) is -0.892. The fraction of sp³-hybridized carbons (Fsp3) is 0.909. The van der Waals surface area contributed by atoms with Crippen LogP contribution in [0.15, 0.2) is 0 Å². The van der Waals surface area contributed by atoms with Gasteiger partial charge in [-0.05, 0) is 38.0 Å². The fourth-order valence-electron chi connectivity index (χ4n) is 3.18. The number of sulfone groups is 1. The molecule has 0 bridgehead atoms. The highest BCUT2D eigenvalue weighted by Crippen LogP contribution is 2.46. The van der Waals surface area contributed by atoms with Crippen LogP contribution >= 0.6 is 0 Å². The van der Waals surface area contributed by atoms with Crippen molar-refractivity contribution < 1.29 is 18.3 Å². The van der Waals surface area contributed by atoms with Crippen molar-refractivity contribution in [3.63, 3.8) is 0 Å². The highest BCUT2D eigenvalue weighted by Gasteiger charge is 2.51. The van der Waals surface area contributed by atoms with E-state index in [0.29, 0.717) is 32.1 Å². The first-order valence-corrected chi connectivity index (χ1v) is 7.87. The highest BCUT2D eigenvalue weighted by atomic mass is 32.2. The molecule has 0 aromatic rings. The Balaban J connectivity index is 2.21. The number of carboxylic acid groups (broad SMARTS) is 1. The Labute approximate surface area is 101 Å². The first-order valence-electron chi connectivity index (χ1n) is 6.05. The van der Waals surface area contributed by atoms with Gasteiger partial charge in [0.25, 0.3) is 0 Å². The topological polar surface area (TPSA) is 97.5 Å². The van der Waals surface area contributed by atoms with Gasteiger partial charge in [-0.1, -0.05) is 0 Å². The zero-order valence-corrected chi connectivity index (χ0v) is 10.6. The van der Waals surface area contributed by atoms with Gasteiger partial charge < -0.3 is 10.8 Å². The summed E-state index contributed by atoms with van der Waals surface area (Å²) in [4.78, 5) is 11.5. The lowest BCUT2D eigenvalue weighted by molar-refractivity contribution is -0.155. The van der Waals surface area contributed by atoms with Gasteiger partial charge in [0.05, 0.1) is 16.9 Å². The quantitative estimate of drug-likeness (QED) is 0.749. The summed E-state index contributed by atoms with van der Waals surface area (Å²) in [6.07, 6.45) is 2.89. The van der Waals surface area contributed by atoms with Crippen LogP contribution in [-0.4, -0.2) is 37.0 Å². The average Bonchev–Trinajstić information content (AvgIpc) is 2.60. The number of hydrogen-bond donors (Lipinski definition) is 2. The molecular weight excluding hydrogens is 242 g/mol. The zero-order valence-electron chi connectivity index (χ0n) is 9.76. The third-order valence-electron chi connectivity index (χ3n) is 4.36. The van der Waals surface area contributed by atoms with Crippen molar-refractivity contribution >= 4 is 15.8 Å². The van der Waals surface area contributed by atoms with E-state index in [4.69, 9.17) is 5.73 Å². The largest absolute Gasteiger partial charge is 0.481 e. The third-order valence-corrected chi connectivity index (χ3v) is 6.13. The third kappa shape index (κ3) is 2.33. The van der Waals surface area contributed by atoms with E-state index in [1.54, 1.807) is 0 Å². The predicted molar refractivity (Wildman–Crippen MR) is 63.3 cm³/mol. The first-order chi connectivity index (χ1) is 7.86. The van der Waals surface area contributed by atoms with E-state index in [1.807, 2.05) is 0 Å². The number of hydrogen-bond acceptors (Lipinski definition) is 4. The van der Waals surface area contributed by atoms with E-state index in [9.17, 15) is 18.3 Å². The summed E-state index contributed by atoms with van der Waals surface area (Å²) >= 11 is 0. The van der Waals surface area contributed by atoms with E-state index in [-0.39, 0.29) is 23.5 Å². The molecule has 2 fully saturated rings. The van der Waals surface area contributed by atoms with Crippen LogP contribution in [0.3, 0.4) is 0 Å². The fourth-order valence-corrected chi connectivity index (χ4v) is 5.09. The minimum atomic E-state index is -3.02. The second kappa shape index (κ2) is 4.24. The lowest BCUT2D eigenvalue weighted by atomic mass is 9.65. The summed E-state index contributed by atoms with van der Waals surface area (Å²) < 4.78 is 23.0. The molecule has 1 atom stereocenters. The highest BCUT2D eigenvalue weighted by molar-refractivity contribution is 7.91. The van der Waals surface area contributed by atoms with Crippen molar-refractivity contribution in [1.82, 2.24) is 0 Å². The smallest absolute Gasteiger partial charge is 0.309 e. The molecule has 5 nitrogen and oxygen atoms in total. The molecule has 0 amide bonds. The molecule has 1 unspecified atom stereocenters. The summed E-state index contributed by atoms with van der Waals surface area (Å²) in [6.45, 7) is 0. The molecule has 0 aromatic heterocycles. The summed E-state index contributed by atoms with van der Waals surface area (Å²) in [7, 11) is -3.02. The Morgan fingerprint density at radius 2 is 1.82 bits per heavy atom. The van der Waals surface area contributed by atoms with Gasteiger partial charge in [0, 0.05) is 6.04 Å². The maximum Gasteiger partial charge on any atom is 0.309 e. The molecule has 2 rings (SSSR count). The molecule has 1 aliphatic heterocycles. The van der Waals surface area contributed by atoms with Crippen molar-refractivity contribution in [2.24, 2.45) is 17.1 Å². The molecule has 0 spiro atoms. The number of rotatable bonds is 2. The summed E-state index contributed by atoms with van der Waals surface area (Å²) in [6, 6.07) is 0.0699. The van der Waals surface area contributed by atoms with Crippen molar-refractivity contribution in [2.45, 2.75) is 38.1 Å². The zero-order chi connectivity index (χ0) is 12.7. The summed E-state index contributed by atoms with van der Waals surface area (Å²) in [5, 5.41) is 9.47. The molecule has 0 aromatic carbocycles. The minimum absolute atomic E-state index is 0.0362. The van der Waals surface area contributed by atoms with Gasteiger partial charge in [0.15, 0.2) is 9.84 Å². The Bertz CT molecular complexity index is 409. The lowest BCUT2D eigenvalue weighted by Crippen LogP contribution is -2.45. The van der Waals surface area contributed by atoms with Gasteiger partial charge in [0.1, 0.15) is 0 Å². The van der Waals surface area contributed by atoms with Crippen LogP contribution < -0.4 is 5.73 Å². The van der Waals surface area contributed by atoms with Gasteiger partial charge >= 0.3 is 5.97 Å². The maximum absolute atomic E-state index is 11.5. The predicted octanol–water partition coefficient (Wildman–Crippen LogP) is 0.393. The van der Waals surface area contributed by atoms with Crippen LogP contribution in [0.2, 0.25) is 0 Å². The van der Waals surface area contributed by atoms with Crippen molar-refractivity contribution in [1.29, 1.82) is 0 Å². The molecule has 1 saturated heterocycles. The molecule has 0 radical (unpaired) electrons. The van der Waals surface area contributed by atoms with Crippen molar-refractivity contribution in [3.05, 3.63) is 0 Å². The van der Waals surface area contributed by atoms with Crippen LogP contribution in [0, 0.1) is 11.3 Å².